The van der Waals surface area contributed by atoms with E-state index < -0.39 is 5.24 Å². The number of anilines is 2. The van der Waals surface area contributed by atoms with E-state index in [1.807, 2.05) is 143 Å². The van der Waals surface area contributed by atoms with E-state index in [1.54, 1.807) is 137 Å². The van der Waals surface area contributed by atoms with Crippen LogP contribution in [0.3, 0.4) is 0 Å². The second kappa shape index (κ2) is 123. The number of allylic oxidation sites excluding steroid dienone is 2. The Bertz CT molecular complexity index is 3770. The molecule has 7 rings (SSSR count). The molecule has 6 radical (unpaired) electrons. The van der Waals surface area contributed by atoms with Crippen LogP contribution in [0.5, 0.6) is 28.7 Å². The third-order valence-corrected chi connectivity index (χ3v) is 258. The number of aryl methyl sites for hydroxylation is 1. The van der Waals surface area contributed by atoms with Gasteiger partial charge in [-0.1, -0.05) is 112 Å². The van der Waals surface area contributed by atoms with Crippen LogP contribution in [0.15, 0.2) is 132 Å². The smallest absolute Gasteiger partial charge is 0.254 e. The fourth-order valence-corrected chi connectivity index (χ4v) is 6.29. The van der Waals surface area contributed by atoms with E-state index in [1.165, 1.54) is 14.2 Å². The first-order valence-corrected chi connectivity index (χ1v) is 146. The summed E-state index contributed by atoms with van der Waals surface area (Å²) in [5, 5.41) is 62.2. The third kappa shape index (κ3) is 91.3. The molecular weight excluding hydrogens is 4440 g/mol. The van der Waals surface area contributed by atoms with Crippen molar-refractivity contribution >= 4 is 467 Å². The Balaban J connectivity index is -0.0000000791. The number of aliphatic hydroxyl groups is 2. The number of halogens is 26. The van der Waals surface area contributed by atoms with E-state index >= 15 is 0 Å². The fourth-order valence-electron chi connectivity index (χ4n) is 6.16. The van der Waals surface area contributed by atoms with Crippen LogP contribution < -0.4 is 72.7 Å². The molecule has 686 valence electrons. The van der Waals surface area contributed by atoms with Gasteiger partial charge in [0, 0.05) is 83.9 Å². The Kier molecular flexibility index (Phi) is 166. The van der Waals surface area contributed by atoms with Crippen LogP contribution >= 0.6 is 410 Å². The summed E-state index contributed by atoms with van der Waals surface area (Å²) in [7, 11) is 11.6. The molecule has 0 amide bonds. The van der Waals surface area contributed by atoms with E-state index in [4.69, 9.17) is 90.8 Å². The van der Waals surface area contributed by atoms with Gasteiger partial charge in [-0.05, 0) is 134 Å². The minimum atomic E-state index is -0.451. The molecular formula is C67H94B2ClI25N14O9P2-2. The zero-order valence-electron chi connectivity index (χ0n) is 67.2. The maximum atomic E-state index is 10.6. The largest absolute Gasteiger partial charge is 0.497 e. The van der Waals surface area contributed by atoms with Gasteiger partial charge in [0.15, 0.2) is 28.5 Å². The number of nitrogens with zero attached hydrogens (tertiary/aromatic N) is 9. The molecule has 0 fully saturated rings. The molecule has 0 spiro atoms. The summed E-state index contributed by atoms with van der Waals surface area (Å²) in [5.74, 6) is 4.18. The number of hydrogen-bond donors (Lipinski definition) is 7. The first-order chi connectivity index (χ1) is 55.9. The molecule has 53 heteroatoms. The molecule has 0 saturated carbocycles. The van der Waals surface area contributed by atoms with Gasteiger partial charge in [-0.3, -0.25) is 14.6 Å². The topological polar surface area (TPSA) is 367 Å². The van der Waals surface area contributed by atoms with Crippen molar-refractivity contribution in [2.24, 2.45) is 11.0 Å². The van der Waals surface area contributed by atoms with Gasteiger partial charge in [-0.2, -0.15) is 31.2 Å². The molecule has 0 bridgehead atoms. The number of nitrogens with two attached hydrogens (primary N) is 4. The molecule has 120 heavy (non-hydrogen) atoms. The molecule has 5 aromatic carbocycles. The molecule has 2 heterocycles. The Labute approximate surface area is 963 Å². The Hall–Kier alpha value is 8.22. The number of nitrogen functional groups attached to an aromatic ring is 2. The number of rotatable bonds is 14. The van der Waals surface area contributed by atoms with Gasteiger partial charge in [0.2, 0.25) is 0 Å². The summed E-state index contributed by atoms with van der Waals surface area (Å²) in [5.41, 5.74) is 25.2. The molecule has 2 atom stereocenters. The third-order valence-electron chi connectivity index (χ3n) is 10.3. The summed E-state index contributed by atoms with van der Waals surface area (Å²) in [4.78, 5) is 17.4. The summed E-state index contributed by atoms with van der Waals surface area (Å²) in [6.07, 6.45) is 0. The van der Waals surface area contributed by atoms with Gasteiger partial charge in [-0.25, -0.2) is 9.69 Å². The van der Waals surface area contributed by atoms with Gasteiger partial charge in [0.05, 0.1) is 61.5 Å². The minimum Gasteiger partial charge on any atom is -0.497 e. The number of carbonyl (C=O) groups is 1. The number of nitrogens with one attached hydrogen (secondary N) is 1. The van der Waals surface area contributed by atoms with E-state index in [2.05, 4.69) is 352 Å². The van der Waals surface area contributed by atoms with Crippen LogP contribution in [0.4, 0.5) is 23.0 Å². The number of carbonyl (C=O) groups excluding carboxylic acids is 1. The van der Waals surface area contributed by atoms with E-state index in [-0.39, 0.29) is 115 Å². The van der Waals surface area contributed by atoms with Gasteiger partial charge in [-0.15, -0.1) is 24.0 Å². The van der Waals surface area contributed by atoms with Crippen molar-refractivity contribution in [3.8, 4) is 75.5 Å². The average molecular weight is 4530 g/mol. The van der Waals surface area contributed by atoms with Crippen LogP contribution in [0.25, 0.3) is 43.7 Å². The number of aromatic nitrogens is 4. The average Bonchev–Trinajstić information content (AvgIpc) is 1.66. The maximum absolute atomic E-state index is 10.6. The molecule has 2 aromatic heterocycles. The molecule has 7 aromatic rings. The standard InChI is InChI=1S/C13H14N4O.C12H10N2O2.C11H10N4O.C11H8N2O2.C8H7ClO2.C2H6O.5C2H6.2B.I6.I5.2I4.I3.I2.HI.2H4NP/c1-4-17-13(14)12(15-2)11(16-17)9-5-7-10(18-3)8-6-9;1-15-11-5-3-9(4-6-11)12(16-2)10(7-13)8-14;1-13-10-9(14-15-11(10)12)7-3-5-8(16-2)6-4-7;1-15-10-4-2-8(3-5-10)11(14)9(6-12)7-13;1-11-7-4-2-6(3-5-7)8(9)10;1-2-3;5*1-2;;;1-5(2)6(3)4;1-4-5(2)3;2*1-4(2)3;1-3-2;1-2;;2*1-2/h5-8H,4,14H2,1,3H3;3-6H,1-2H3;3-6H,2H3,(H3,12,14,15);2-5,14H,1H3;2-5H,1H3;3H,2H2,1H3;5*1-2H3;;;;;;;;;1H;2*1-2H2/q;;;;;;;;;;;;;;-1;;;-1;;;;. The Morgan fingerprint density at radius 1 is 0.542 bits per heavy atom. The number of benzene rings is 5. The van der Waals surface area contributed by atoms with Gasteiger partial charge in [0.25, 0.3) is 16.6 Å². The van der Waals surface area contributed by atoms with Crippen LogP contribution in [-0.2, 0) is 11.3 Å². The first kappa shape index (κ1) is 162. The van der Waals surface area contributed by atoms with Crippen molar-refractivity contribution in [2.75, 3.05) is 60.7 Å². The molecule has 0 saturated heterocycles. The van der Waals surface area contributed by atoms with Gasteiger partial charge < -0.3 is 61.1 Å². The predicted molar refractivity (Wildman–Crippen MR) is 720 cm³/mol. The minimum absolute atomic E-state index is 0. The first-order valence-electron chi connectivity index (χ1n) is 31.1. The van der Waals surface area contributed by atoms with Crippen LogP contribution in [0.1, 0.15) is 105 Å². The fraction of sp³-hybridized carbons (Fsp3) is 0.299. The second-order valence-corrected chi connectivity index (χ2v) is 292. The van der Waals surface area contributed by atoms with Gasteiger partial charge in [0.1, 0.15) is 64.5 Å². The Morgan fingerprint density at radius 3 is 1.02 bits per heavy atom. The monoisotopic (exact) mass is 4530 g/mol. The summed E-state index contributed by atoms with van der Waals surface area (Å²) in [6.45, 7) is 38.8. The summed E-state index contributed by atoms with van der Waals surface area (Å²) in [6, 6.07) is 41.5. The number of aliphatic hydroxyl groups excluding tert-OH is 2. The van der Waals surface area contributed by atoms with Crippen LogP contribution in [0, 0.1) is 58.5 Å². The van der Waals surface area contributed by atoms with E-state index in [0.29, 0.717) is 95.6 Å². The number of hydrogen-bond acceptors (Lipinski definition) is 19. The van der Waals surface area contributed by atoms with Crippen molar-refractivity contribution in [1.82, 2.24) is 20.0 Å². The van der Waals surface area contributed by atoms with Crippen LogP contribution in [-0.4, -0.2) is 102 Å². The predicted octanol–water partition coefficient (Wildman–Crippen LogP) is 29.1. The molecule has 11 N–H and O–H groups in total. The zero-order chi connectivity index (χ0) is 94.2. The Morgan fingerprint density at radius 2 is 0.800 bits per heavy atom. The quantitative estimate of drug-likeness (QED) is 0.0101. The number of H-pyrrole nitrogens is 1. The molecule has 23 nitrogen and oxygen atoms in total. The number of aromatic amines is 1. The van der Waals surface area contributed by atoms with Crippen LogP contribution in [0.2, 0.25) is 0 Å². The number of methoxy groups -OCH3 is 6. The second-order valence-electron chi connectivity index (χ2n) is 15.7. The molecule has 0 aliphatic carbocycles. The summed E-state index contributed by atoms with van der Waals surface area (Å²) >= 11 is 48.5. The van der Waals surface area contributed by atoms with Crippen molar-refractivity contribution in [3.63, 3.8) is 0 Å². The number of nitriles is 4. The summed E-state index contributed by atoms with van der Waals surface area (Å²) < 4.78 is 31.7. The molecule has 2 unspecified atom stereocenters. The van der Waals surface area contributed by atoms with E-state index in [9.17, 15) is 9.90 Å². The number of ether oxygens (including phenoxy) is 6. The van der Waals surface area contributed by atoms with Crippen molar-refractivity contribution in [1.29, 1.82) is 21.0 Å². The van der Waals surface area contributed by atoms with Crippen molar-refractivity contribution in [2.45, 2.75) is 89.6 Å². The SMILES string of the molecule is CC.CC.CC.CC.CC.CCO.COC(=C(C#N)C#N)c1ccc(OC)cc1.COc1ccc(C(=O)Cl)cc1.COc1ccc(C(O)=C(C#N)C#N)cc1.I.II.II(I)I.II(I)I.II(I)I(I)I.I[I-]I.I[I-]I(I)I.NP.NP.[B].[B].[C-]#[N+]c1c(-c2ccc(OC)cc2)nn(CC)c1N.[C-]#[N+]c1c(N)n[nH]c1-c1ccc(OC)cc1. The molecule has 0 aliphatic heterocycles. The van der Waals surface area contributed by atoms with E-state index in [0.717, 1.165) is 22.6 Å². The van der Waals surface area contributed by atoms with Crippen molar-refractivity contribution in [3.05, 3.63) is 172 Å². The maximum Gasteiger partial charge on any atom is 0.254 e. The zero-order valence-corrected chi connectivity index (χ0v) is 124. The molecule has 0 aliphatic rings. The van der Waals surface area contributed by atoms with Gasteiger partial charge >= 0.3 is 345 Å². The van der Waals surface area contributed by atoms with Crippen molar-refractivity contribution < 1.29 is 69.9 Å². The normalized spacial score (nSPS) is 8.54.